The van der Waals surface area contributed by atoms with E-state index >= 15 is 0 Å². The molecule has 0 radical (unpaired) electrons. The van der Waals surface area contributed by atoms with Crippen molar-refractivity contribution in [2.24, 2.45) is 5.10 Å². The number of nitrogens with zero attached hydrogens (tertiary/aromatic N) is 3. The number of aromatic nitrogens is 3. The maximum absolute atomic E-state index is 11.3. The average molecular weight is 340 g/mol. The van der Waals surface area contributed by atoms with E-state index in [1.54, 1.807) is 18.2 Å². The molecule has 2 aromatic rings. The zero-order valence-corrected chi connectivity index (χ0v) is 13.8. The van der Waals surface area contributed by atoms with Gasteiger partial charge in [-0.2, -0.15) is 15.2 Å². The fourth-order valence-corrected chi connectivity index (χ4v) is 2.08. The topological polar surface area (TPSA) is 83.0 Å². The highest BCUT2D eigenvalue weighted by atomic mass is 35.5. The van der Waals surface area contributed by atoms with E-state index in [-0.39, 0.29) is 5.41 Å². The molecular formula is C14H15Cl2N5O. The largest absolute Gasteiger partial charge is 0.363 e. The summed E-state index contributed by atoms with van der Waals surface area (Å²) in [5.74, 6) is 0.297. The van der Waals surface area contributed by atoms with Gasteiger partial charge in [0, 0.05) is 11.0 Å². The maximum atomic E-state index is 11.3. The van der Waals surface area contributed by atoms with Gasteiger partial charge in [0.2, 0.25) is 0 Å². The first-order valence-electron chi connectivity index (χ1n) is 6.49. The summed E-state index contributed by atoms with van der Waals surface area (Å²) in [6.45, 7) is 5.87. The van der Waals surface area contributed by atoms with Gasteiger partial charge in [-0.15, -0.1) is 0 Å². The van der Waals surface area contributed by atoms with Crippen LogP contribution in [-0.4, -0.2) is 21.4 Å². The highest BCUT2D eigenvalue weighted by Crippen LogP contribution is 2.25. The lowest BCUT2D eigenvalue weighted by Crippen LogP contribution is -2.24. The second-order valence-corrected chi connectivity index (χ2v) is 6.39. The Morgan fingerprint density at radius 3 is 2.73 bits per heavy atom. The molecule has 0 spiro atoms. The molecule has 1 aromatic carbocycles. The monoisotopic (exact) mass is 339 g/mol. The van der Waals surface area contributed by atoms with Gasteiger partial charge in [-0.25, -0.2) is 9.89 Å². The number of rotatable bonds is 3. The third-order valence-corrected chi connectivity index (χ3v) is 3.60. The van der Waals surface area contributed by atoms with Gasteiger partial charge >= 0.3 is 5.69 Å². The quantitative estimate of drug-likeness (QED) is 0.664. The summed E-state index contributed by atoms with van der Waals surface area (Å²) in [6.07, 6.45) is 1.50. The predicted molar refractivity (Wildman–Crippen MR) is 89.0 cm³/mol. The van der Waals surface area contributed by atoms with Crippen LogP contribution in [0.1, 0.15) is 32.0 Å². The van der Waals surface area contributed by atoms with Crippen LogP contribution in [0, 0.1) is 0 Å². The van der Waals surface area contributed by atoms with Crippen LogP contribution >= 0.6 is 23.2 Å². The lowest BCUT2D eigenvalue weighted by atomic mass is 9.92. The van der Waals surface area contributed by atoms with Gasteiger partial charge in [-0.3, -0.25) is 5.43 Å². The van der Waals surface area contributed by atoms with E-state index in [9.17, 15) is 4.79 Å². The van der Waals surface area contributed by atoms with Gasteiger partial charge in [0.05, 0.1) is 16.3 Å². The summed E-state index contributed by atoms with van der Waals surface area (Å²) in [5.41, 5.74) is 3.13. The second kappa shape index (κ2) is 6.46. The Labute approximate surface area is 137 Å². The molecule has 0 bridgehead atoms. The smallest absolute Gasteiger partial charge is 0.260 e. The van der Waals surface area contributed by atoms with Crippen LogP contribution in [0.25, 0.3) is 0 Å². The predicted octanol–water partition coefficient (Wildman–Crippen LogP) is 3.22. The molecular weight excluding hydrogens is 325 g/mol. The van der Waals surface area contributed by atoms with Crippen molar-refractivity contribution < 1.29 is 0 Å². The normalized spacial score (nSPS) is 11.9. The minimum absolute atomic E-state index is 0.297. The summed E-state index contributed by atoms with van der Waals surface area (Å²) in [7, 11) is 0. The van der Waals surface area contributed by atoms with Gasteiger partial charge in [0.15, 0.2) is 5.82 Å². The Morgan fingerprint density at radius 2 is 2.05 bits per heavy atom. The summed E-state index contributed by atoms with van der Waals surface area (Å²) < 4.78 is 0. The number of hydrogen-bond acceptors (Lipinski definition) is 5. The van der Waals surface area contributed by atoms with Crippen LogP contribution in [0.2, 0.25) is 10.0 Å². The van der Waals surface area contributed by atoms with Crippen molar-refractivity contribution in [3.05, 3.63) is 50.0 Å². The minimum atomic E-state index is -0.550. The van der Waals surface area contributed by atoms with E-state index in [1.807, 2.05) is 20.8 Å². The first kappa shape index (κ1) is 16.5. The number of aromatic amines is 1. The van der Waals surface area contributed by atoms with Gasteiger partial charge in [-0.05, 0) is 6.07 Å². The number of nitrogens with one attached hydrogen (secondary N) is 2. The fourth-order valence-electron chi connectivity index (χ4n) is 1.72. The van der Waals surface area contributed by atoms with Gasteiger partial charge in [0.1, 0.15) is 5.69 Å². The van der Waals surface area contributed by atoms with E-state index in [1.165, 1.54) is 6.21 Å². The molecule has 2 N–H and O–H groups in total. The molecule has 22 heavy (non-hydrogen) atoms. The molecule has 0 unspecified atom stereocenters. The maximum Gasteiger partial charge on any atom is 0.363 e. The third-order valence-electron chi connectivity index (χ3n) is 2.77. The average Bonchev–Trinajstić information content (AvgIpc) is 2.42. The van der Waals surface area contributed by atoms with Crippen molar-refractivity contribution in [1.29, 1.82) is 0 Å². The van der Waals surface area contributed by atoms with Crippen LogP contribution < -0.4 is 11.1 Å². The van der Waals surface area contributed by atoms with Gasteiger partial charge < -0.3 is 0 Å². The van der Waals surface area contributed by atoms with Crippen molar-refractivity contribution in [2.45, 2.75) is 26.2 Å². The van der Waals surface area contributed by atoms with E-state index in [2.05, 4.69) is 25.7 Å². The Balaban J connectivity index is 2.28. The van der Waals surface area contributed by atoms with Crippen molar-refractivity contribution in [2.75, 3.05) is 5.43 Å². The Hall–Kier alpha value is -1.92. The number of hydrogen-bond donors (Lipinski definition) is 2. The molecule has 6 nitrogen and oxygen atoms in total. The second-order valence-electron chi connectivity index (χ2n) is 5.60. The molecule has 2 rings (SSSR count). The number of hydrazone groups is 1. The first-order chi connectivity index (χ1) is 10.3. The molecule has 0 aliphatic carbocycles. The molecule has 0 saturated carbocycles. The van der Waals surface area contributed by atoms with Gasteiger partial charge in [0.25, 0.3) is 0 Å². The number of halogens is 2. The standard InChI is InChI=1S/C14H15Cl2N5O/c1-14(2,3)11-12(18-13(22)21-19-11)20-17-7-8-5-4-6-9(15)10(8)16/h4-7H,1-3H3,(H2,18,20,21,22)/b17-7+. The lowest BCUT2D eigenvalue weighted by molar-refractivity contribution is 0.553. The van der Waals surface area contributed by atoms with Crippen molar-refractivity contribution in [3.8, 4) is 0 Å². The molecule has 0 aliphatic rings. The summed E-state index contributed by atoms with van der Waals surface area (Å²) in [4.78, 5) is 15.2. The van der Waals surface area contributed by atoms with Crippen LogP contribution in [0.5, 0.6) is 0 Å². The molecule has 8 heteroatoms. The molecule has 0 amide bonds. The number of anilines is 1. The Kier molecular flexibility index (Phi) is 4.83. The Bertz CT molecular complexity index is 765. The SMILES string of the molecule is CC(C)(C)c1n[nH]c(=O)nc1N/N=C/c1cccc(Cl)c1Cl. The van der Waals surface area contributed by atoms with Crippen molar-refractivity contribution in [3.63, 3.8) is 0 Å². The van der Waals surface area contributed by atoms with Crippen LogP contribution in [0.3, 0.4) is 0 Å². The van der Waals surface area contributed by atoms with Gasteiger partial charge in [-0.1, -0.05) is 56.1 Å². The zero-order chi connectivity index (χ0) is 16.3. The van der Waals surface area contributed by atoms with E-state index in [4.69, 9.17) is 23.2 Å². The van der Waals surface area contributed by atoms with Crippen LogP contribution in [0.15, 0.2) is 28.1 Å². The Morgan fingerprint density at radius 1 is 1.32 bits per heavy atom. The van der Waals surface area contributed by atoms with Crippen molar-refractivity contribution in [1.82, 2.24) is 15.2 Å². The van der Waals surface area contributed by atoms with E-state index in [0.717, 1.165) is 0 Å². The molecule has 1 aromatic heterocycles. The minimum Gasteiger partial charge on any atom is -0.260 e. The summed E-state index contributed by atoms with van der Waals surface area (Å²) >= 11 is 12.0. The highest BCUT2D eigenvalue weighted by molar-refractivity contribution is 6.43. The van der Waals surface area contributed by atoms with E-state index in [0.29, 0.717) is 27.1 Å². The molecule has 0 atom stereocenters. The highest BCUT2D eigenvalue weighted by Gasteiger charge is 2.21. The molecule has 116 valence electrons. The van der Waals surface area contributed by atoms with Crippen molar-refractivity contribution >= 4 is 35.2 Å². The fraction of sp³-hybridized carbons (Fsp3) is 0.286. The summed E-state index contributed by atoms with van der Waals surface area (Å²) in [5, 5.41) is 11.3. The molecule has 0 saturated heterocycles. The zero-order valence-electron chi connectivity index (χ0n) is 12.3. The molecule has 0 aliphatic heterocycles. The first-order valence-corrected chi connectivity index (χ1v) is 7.25. The number of H-pyrrole nitrogens is 1. The lowest BCUT2D eigenvalue weighted by Gasteiger charge is -2.18. The number of benzene rings is 1. The van der Waals surface area contributed by atoms with Crippen LogP contribution in [0.4, 0.5) is 5.82 Å². The summed E-state index contributed by atoms with van der Waals surface area (Å²) in [6, 6.07) is 5.23. The third kappa shape index (κ3) is 3.84. The van der Waals surface area contributed by atoms with Crippen LogP contribution in [-0.2, 0) is 5.41 Å². The molecule has 0 fully saturated rings. The molecule has 1 heterocycles. The van der Waals surface area contributed by atoms with E-state index < -0.39 is 5.69 Å².